The van der Waals surface area contributed by atoms with Crippen LogP contribution in [0.5, 0.6) is 0 Å². The van der Waals surface area contributed by atoms with Crippen LogP contribution in [0.4, 0.5) is 0 Å². The van der Waals surface area contributed by atoms with Crippen LogP contribution >= 0.6 is 0 Å². The standard InChI is InChI=1S/C11H22N2O/c1-8(2)13-11(9(12)14)6-5-10(3,4)7-11/h8,13H,5-7H2,1-4H3,(H2,12,14). The van der Waals surface area contributed by atoms with Crippen LogP contribution in [0.2, 0.25) is 0 Å². The van der Waals surface area contributed by atoms with Gasteiger partial charge in [-0.3, -0.25) is 4.79 Å². The summed E-state index contributed by atoms with van der Waals surface area (Å²) in [6.07, 6.45) is 2.79. The summed E-state index contributed by atoms with van der Waals surface area (Å²) < 4.78 is 0. The molecule has 1 aliphatic carbocycles. The first-order chi connectivity index (χ1) is 6.27. The van der Waals surface area contributed by atoms with E-state index in [-0.39, 0.29) is 11.3 Å². The second-order valence-electron chi connectivity index (χ2n) is 5.59. The van der Waals surface area contributed by atoms with Crippen molar-refractivity contribution in [2.45, 2.75) is 58.5 Å². The normalized spacial score (nSPS) is 30.9. The quantitative estimate of drug-likeness (QED) is 0.720. The maximum atomic E-state index is 11.5. The number of hydrogen-bond acceptors (Lipinski definition) is 2. The van der Waals surface area contributed by atoms with Gasteiger partial charge in [0.05, 0.1) is 5.54 Å². The molecule has 1 fully saturated rings. The zero-order chi connectivity index (χ0) is 11.0. The van der Waals surface area contributed by atoms with Gasteiger partial charge in [-0.2, -0.15) is 0 Å². The summed E-state index contributed by atoms with van der Waals surface area (Å²) in [7, 11) is 0. The average molecular weight is 198 g/mol. The molecule has 0 radical (unpaired) electrons. The number of carbonyl (C=O) groups is 1. The lowest BCUT2D eigenvalue weighted by Gasteiger charge is -2.31. The molecule has 1 rings (SSSR count). The highest BCUT2D eigenvalue weighted by Crippen LogP contribution is 2.43. The second kappa shape index (κ2) is 3.54. The van der Waals surface area contributed by atoms with Crippen molar-refractivity contribution < 1.29 is 4.79 Å². The van der Waals surface area contributed by atoms with Crippen molar-refractivity contribution in [3.8, 4) is 0 Å². The van der Waals surface area contributed by atoms with Crippen LogP contribution in [0.1, 0.15) is 47.0 Å². The fourth-order valence-electron chi connectivity index (χ4n) is 2.50. The van der Waals surface area contributed by atoms with Crippen molar-refractivity contribution >= 4 is 5.91 Å². The van der Waals surface area contributed by atoms with Crippen LogP contribution in [0, 0.1) is 5.41 Å². The predicted molar refractivity (Wildman–Crippen MR) is 57.8 cm³/mol. The molecule has 0 saturated heterocycles. The Morgan fingerprint density at radius 2 is 1.93 bits per heavy atom. The van der Waals surface area contributed by atoms with Gasteiger partial charge in [0, 0.05) is 6.04 Å². The molecule has 0 heterocycles. The third kappa shape index (κ3) is 2.27. The van der Waals surface area contributed by atoms with Crippen LogP contribution in [0.25, 0.3) is 0 Å². The van der Waals surface area contributed by atoms with Gasteiger partial charge in [0.15, 0.2) is 0 Å². The molecule has 1 aliphatic rings. The predicted octanol–water partition coefficient (Wildman–Crippen LogP) is 1.42. The van der Waals surface area contributed by atoms with E-state index in [0.29, 0.717) is 6.04 Å². The Bertz CT molecular complexity index is 235. The maximum Gasteiger partial charge on any atom is 0.237 e. The molecule has 1 amide bonds. The lowest BCUT2D eigenvalue weighted by Crippen LogP contribution is -2.56. The van der Waals surface area contributed by atoms with Crippen LogP contribution in [0.15, 0.2) is 0 Å². The van der Waals surface area contributed by atoms with Crippen molar-refractivity contribution in [2.75, 3.05) is 0 Å². The molecule has 0 aromatic heterocycles. The summed E-state index contributed by atoms with van der Waals surface area (Å²) >= 11 is 0. The van der Waals surface area contributed by atoms with Crippen molar-refractivity contribution in [1.82, 2.24) is 5.32 Å². The molecule has 0 aliphatic heterocycles. The molecule has 0 bridgehead atoms. The van der Waals surface area contributed by atoms with Gasteiger partial charge >= 0.3 is 0 Å². The van der Waals surface area contributed by atoms with Gasteiger partial charge in [0.25, 0.3) is 0 Å². The summed E-state index contributed by atoms with van der Waals surface area (Å²) in [4.78, 5) is 11.5. The fraction of sp³-hybridized carbons (Fsp3) is 0.909. The van der Waals surface area contributed by atoms with E-state index in [1.165, 1.54) is 0 Å². The minimum absolute atomic E-state index is 0.197. The highest BCUT2D eigenvalue weighted by molar-refractivity contribution is 5.85. The van der Waals surface area contributed by atoms with Gasteiger partial charge < -0.3 is 11.1 Å². The zero-order valence-corrected chi connectivity index (χ0v) is 9.68. The molecular weight excluding hydrogens is 176 g/mol. The van der Waals surface area contributed by atoms with E-state index in [1.807, 2.05) is 0 Å². The SMILES string of the molecule is CC(C)NC1(C(N)=O)CCC(C)(C)C1. The van der Waals surface area contributed by atoms with E-state index in [2.05, 4.69) is 33.0 Å². The Morgan fingerprint density at radius 3 is 2.21 bits per heavy atom. The summed E-state index contributed by atoms with van der Waals surface area (Å²) in [6, 6.07) is 0.302. The zero-order valence-electron chi connectivity index (χ0n) is 9.68. The van der Waals surface area contributed by atoms with E-state index in [1.54, 1.807) is 0 Å². The highest BCUT2D eigenvalue weighted by Gasteiger charge is 2.47. The van der Waals surface area contributed by atoms with Gasteiger partial charge in [-0.1, -0.05) is 13.8 Å². The molecule has 0 aromatic carbocycles. The van der Waals surface area contributed by atoms with E-state index in [9.17, 15) is 4.79 Å². The molecular formula is C11H22N2O. The van der Waals surface area contributed by atoms with Crippen LogP contribution in [-0.4, -0.2) is 17.5 Å². The Kier molecular flexibility index (Phi) is 2.91. The van der Waals surface area contributed by atoms with Gasteiger partial charge in [-0.05, 0) is 38.5 Å². The average Bonchev–Trinajstić information content (AvgIpc) is 2.26. The van der Waals surface area contributed by atoms with Gasteiger partial charge in [-0.15, -0.1) is 0 Å². The first-order valence-corrected chi connectivity index (χ1v) is 5.35. The topological polar surface area (TPSA) is 55.1 Å². The minimum Gasteiger partial charge on any atom is -0.368 e. The van der Waals surface area contributed by atoms with Gasteiger partial charge in [-0.25, -0.2) is 0 Å². The summed E-state index contributed by atoms with van der Waals surface area (Å²) in [5.41, 5.74) is 5.27. The van der Waals surface area contributed by atoms with Crippen molar-refractivity contribution in [1.29, 1.82) is 0 Å². The van der Waals surface area contributed by atoms with Crippen LogP contribution in [-0.2, 0) is 4.79 Å². The Balaban J connectivity index is 2.81. The Hall–Kier alpha value is -0.570. The lowest BCUT2D eigenvalue weighted by molar-refractivity contribution is -0.124. The number of nitrogens with two attached hydrogens (primary N) is 1. The molecule has 82 valence electrons. The Morgan fingerprint density at radius 1 is 1.36 bits per heavy atom. The lowest BCUT2D eigenvalue weighted by atomic mass is 9.87. The molecule has 3 N–H and O–H groups in total. The third-order valence-corrected chi connectivity index (χ3v) is 3.05. The molecule has 1 unspecified atom stereocenters. The monoisotopic (exact) mass is 198 g/mol. The smallest absolute Gasteiger partial charge is 0.237 e. The first kappa shape index (κ1) is 11.5. The van der Waals surface area contributed by atoms with E-state index >= 15 is 0 Å². The molecule has 1 atom stereocenters. The fourth-order valence-corrected chi connectivity index (χ4v) is 2.50. The van der Waals surface area contributed by atoms with E-state index in [4.69, 9.17) is 5.73 Å². The first-order valence-electron chi connectivity index (χ1n) is 5.35. The second-order valence-corrected chi connectivity index (χ2v) is 5.59. The number of nitrogens with one attached hydrogen (secondary N) is 1. The molecule has 3 heteroatoms. The summed E-state index contributed by atoms with van der Waals surface area (Å²) in [6.45, 7) is 8.49. The third-order valence-electron chi connectivity index (χ3n) is 3.05. The van der Waals surface area contributed by atoms with E-state index in [0.717, 1.165) is 19.3 Å². The number of amides is 1. The summed E-state index contributed by atoms with van der Waals surface area (Å²) in [5, 5.41) is 3.34. The molecule has 3 nitrogen and oxygen atoms in total. The molecule has 1 saturated carbocycles. The number of primary amides is 1. The highest BCUT2D eigenvalue weighted by atomic mass is 16.1. The Labute approximate surface area is 86.4 Å². The van der Waals surface area contributed by atoms with Gasteiger partial charge in [0.1, 0.15) is 0 Å². The number of rotatable bonds is 3. The van der Waals surface area contributed by atoms with Crippen LogP contribution < -0.4 is 11.1 Å². The maximum absolute atomic E-state index is 11.5. The number of carbonyl (C=O) groups excluding carboxylic acids is 1. The van der Waals surface area contributed by atoms with Crippen LogP contribution in [0.3, 0.4) is 0 Å². The minimum atomic E-state index is -0.461. The van der Waals surface area contributed by atoms with Crippen molar-refractivity contribution in [3.63, 3.8) is 0 Å². The molecule has 0 spiro atoms. The van der Waals surface area contributed by atoms with Gasteiger partial charge in [0.2, 0.25) is 5.91 Å². The number of hydrogen-bond donors (Lipinski definition) is 2. The summed E-state index contributed by atoms with van der Waals surface area (Å²) in [5.74, 6) is -0.197. The largest absolute Gasteiger partial charge is 0.368 e. The van der Waals surface area contributed by atoms with E-state index < -0.39 is 5.54 Å². The van der Waals surface area contributed by atoms with Crippen molar-refractivity contribution in [3.05, 3.63) is 0 Å². The van der Waals surface area contributed by atoms with Crippen molar-refractivity contribution in [2.24, 2.45) is 11.1 Å². The molecule has 0 aromatic rings. The molecule has 14 heavy (non-hydrogen) atoms.